The molecule has 3 rings (SSSR count). The van der Waals surface area contributed by atoms with Gasteiger partial charge in [0.1, 0.15) is 0 Å². The number of nitrogens with one attached hydrogen (secondary N) is 2. The van der Waals surface area contributed by atoms with Gasteiger partial charge in [0.15, 0.2) is 0 Å². The van der Waals surface area contributed by atoms with E-state index < -0.39 is 0 Å². The minimum absolute atomic E-state index is 0.230. The number of amides is 2. The SMILES string of the molecule is O=C(CN1CCN(Cc2ccc(Cl)cc2)CC1)NNC(=O)c1ccccc1Br. The minimum Gasteiger partial charge on any atom is -0.297 e. The monoisotopic (exact) mass is 464 g/mol. The summed E-state index contributed by atoms with van der Waals surface area (Å²) in [6, 6.07) is 14.9. The molecule has 0 saturated carbocycles. The van der Waals surface area contributed by atoms with Gasteiger partial charge in [-0.05, 0) is 45.8 Å². The number of piperazine rings is 1. The number of hydrogen-bond donors (Lipinski definition) is 2. The summed E-state index contributed by atoms with van der Waals surface area (Å²) >= 11 is 9.25. The van der Waals surface area contributed by atoms with E-state index in [4.69, 9.17) is 11.6 Å². The first-order valence-corrected chi connectivity index (χ1v) is 10.2. The molecule has 0 atom stereocenters. The van der Waals surface area contributed by atoms with Gasteiger partial charge in [-0.15, -0.1) is 0 Å². The summed E-state index contributed by atoms with van der Waals surface area (Å²) in [4.78, 5) is 28.7. The molecular formula is C20H22BrClN4O2. The predicted molar refractivity (Wildman–Crippen MR) is 113 cm³/mol. The average molecular weight is 466 g/mol. The average Bonchev–Trinajstić information content (AvgIpc) is 2.70. The highest BCUT2D eigenvalue weighted by molar-refractivity contribution is 9.10. The Kier molecular flexibility index (Phi) is 7.44. The minimum atomic E-state index is -0.353. The Balaban J connectivity index is 1.38. The summed E-state index contributed by atoms with van der Waals surface area (Å²) in [5, 5.41) is 0.742. The molecule has 1 fully saturated rings. The number of carbonyl (C=O) groups is 2. The highest BCUT2D eigenvalue weighted by Gasteiger charge is 2.19. The molecule has 0 radical (unpaired) electrons. The summed E-state index contributed by atoms with van der Waals surface area (Å²) in [7, 11) is 0. The third-order valence-corrected chi connectivity index (χ3v) is 5.53. The lowest BCUT2D eigenvalue weighted by Gasteiger charge is -2.34. The van der Waals surface area contributed by atoms with Crippen LogP contribution in [-0.2, 0) is 11.3 Å². The number of halogens is 2. The second-order valence-electron chi connectivity index (χ2n) is 6.66. The van der Waals surface area contributed by atoms with Gasteiger partial charge in [-0.25, -0.2) is 0 Å². The van der Waals surface area contributed by atoms with E-state index in [1.807, 2.05) is 30.3 Å². The standard InChI is InChI=1S/C20H22BrClN4O2/c21-18-4-2-1-3-17(18)20(28)24-23-19(27)14-26-11-9-25(10-12-26)13-15-5-7-16(22)8-6-15/h1-8H,9-14H2,(H,23,27)(H,24,28). The number of hydrazine groups is 1. The summed E-state index contributed by atoms with van der Waals surface area (Å²) in [6.07, 6.45) is 0. The van der Waals surface area contributed by atoms with Crippen LogP contribution in [0, 0.1) is 0 Å². The quantitative estimate of drug-likeness (QED) is 0.667. The summed E-state index contributed by atoms with van der Waals surface area (Å²) in [5.41, 5.74) is 6.64. The molecule has 2 amide bonds. The second kappa shape index (κ2) is 10.0. The van der Waals surface area contributed by atoms with E-state index in [9.17, 15) is 9.59 Å². The zero-order valence-electron chi connectivity index (χ0n) is 15.3. The molecule has 0 aromatic heterocycles. The molecule has 0 spiro atoms. The number of rotatable bonds is 5. The van der Waals surface area contributed by atoms with Crippen molar-refractivity contribution in [1.29, 1.82) is 0 Å². The maximum atomic E-state index is 12.1. The molecule has 1 aliphatic heterocycles. The van der Waals surface area contributed by atoms with Crippen LogP contribution in [0.2, 0.25) is 5.02 Å². The zero-order chi connectivity index (χ0) is 19.9. The van der Waals surface area contributed by atoms with Crippen LogP contribution in [0.1, 0.15) is 15.9 Å². The molecule has 28 heavy (non-hydrogen) atoms. The fourth-order valence-electron chi connectivity index (χ4n) is 3.04. The van der Waals surface area contributed by atoms with E-state index in [0.29, 0.717) is 10.0 Å². The van der Waals surface area contributed by atoms with Gasteiger partial charge in [-0.1, -0.05) is 35.9 Å². The van der Waals surface area contributed by atoms with Crippen molar-refractivity contribution < 1.29 is 9.59 Å². The highest BCUT2D eigenvalue weighted by atomic mass is 79.9. The van der Waals surface area contributed by atoms with Crippen LogP contribution in [0.25, 0.3) is 0 Å². The highest BCUT2D eigenvalue weighted by Crippen LogP contribution is 2.15. The lowest BCUT2D eigenvalue weighted by Crippen LogP contribution is -2.51. The Morgan fingerprint density at radius 2 is 1.57 bits per heavy atom. The van der Waals surface area contributed by atoms with Crippen molar-refractivity contribution in [2.45, 2.75) is 6.54 Å². The Morgan fingerprint density at radius 3 is 2.25 bits per heavy atom. The summed E-state index contributed by atoms with van der Waals surface area (Å²) < 4.78 is 0.679. The molecule has 0 unspecified atom stereocenters. The molecule has 1 saturated heterocycles. The molecule has 0 bridgehead atoms. The fourth-order valence-corrected chi connectivity index (χ4v) is 3.63. The van der Waals surface area contributed by atoms with Crippen LogP contribution in [0.15, 0.2) is 53.0 Å². The molecule has 1 aliphatic rings. The number of benzene rings is 2. The Hall–Kier alpha value is -1.93. The van der Waals surface area contributed by atoms with Crippen LogP contribution < -0.4 is 10.9 Å². The number of carbonyl (C=O) groups excluding carboxylic acids is 2. The molecule has 0 aliphatic carbocycles. The third kappa shape index (κ3) is 6.04. The van der Waals surface area contributed by atoms with E-state index in [2.05, 4.69) is 36.6 Å². The maximum absolute atomic E-state index is 12.1. The van der Waals surface area contributed by atoms with E-state index in [-0.39, 0.29) is 18.4 Å². The topological polar surface area (TPSA) is 64.7 Å². The van der Waals surface area contributed by atoms with Crippen molar-refractivity contribution in [3.05, 3.63) is 69.2 Å². The van der Waals surface area contributed by atoms with Gasteiger partial charge < -0.3 is 0 Å². The zero-order valence-corrected chi connectivity index (χ0v) is 17.7. The van der Waals surface area contributed by atoms with Crippen molar-refractivity contribution in [2.75, 3.05) is 32.7 Å². The number of nitrogens with zero attached hydrogens (tertiary/aromatic N) is 2. The third-order valence-electron chi connectivity index (χ3n) is 4.59. The van der Waals surface area contributed by atoms with Crippen molar-refractivity contribution in [3.8, 4) is 0 Å². The van der Waals surface area contributed by atoms with Crippen LogP contribution in [0.5, 0.6) is 0 Å². The Morgan fingerprint density at radius 1 is 0.929 bits per heavy atom. The molecule has 2 aromatic rings. The first-order chi connectivity index (χ1) is 13.5. The van der Waals surface area contributed by atoms with Crippen molar-refractivity contribution in [1.82, 2.24) is 20.7 Å². The molecule has 2 aromatic carbocycles. The molecule has 8 heteroatoms. The van der Waals surface area contributed by atoms with Gasteiger partial charge in [-0.3, -0.25) is 30.2 Å². The van der Waals surface area contributed by atoms with Crippen LogP contribution in [-0.4, -0.2) is 54.3 Å². The van der Waals surface area contributed by atoms with Crippen LogP contribution in [0.4, 0.5) is 0 Å². The summed E-state index contributed by atoms with van der Waals surface area (Å²) in [6.45, 7) is 4.51. The summed E-state index contributed by atoms with van der Waals surface area (Å²) in [5.74, 6) is -0.583. The molecule has 6 nitrogen and oxygen atoms in total. The van der Waals surface area contributed by atoms with Crippen LogP contribution >= 0.6 is 27.5 Å². The molecule has 148 valence electrons. The van der Waals surface area contributed by atoms with Gasteiger partial charge in [-0.2, -0.15) is 0 Å². The van der Waals surface area contributed by atoms with Crippen molar-refractivity contribution >= 4 is 39.3 Å². The molecule has 2 N–H and O–H groups in total. The largest absolute Gasteiger partial charge is 0.297 e. The second-order valence-corrected chi connectivity index (χ2v) is 7.95. The fraction of sp³-hybridized carbons (Fsp3) is 0.300. The van der Waals surface area contributed by atoms with Gasteiger partial charge in [0.2, 0.25) is 0 Å². The first kappa shape index (κ1) is 20.8. The smallest absolute Gasteiger partial charge is 0.270 e. The molecule has 1 heterocycles. The van der Waals surface area contributed by atoms with Gasteiger partial charge >= 0.3 is 0 Å². The van der Waals surface area contributed by atoms with Gasteiger partial charge in [0.05, 0.1) is 12.1 Å². The predicted octanol–water partition coefficient (Wildman–Crippen LogP) is 2.68. The van der Waals surface area contributed by atoms with Crippen molar-refractivity contribution in [2.24, 2.45) is 0 Å². The first-order valence-electron chi connectivity index (χ1n) is 9.04. The maximum Gasteiger partial charge on any atom is 0.270 e. The lowest BCUT2D eigenvalue weighted by molar-refractivity contribution is -0.123. The van der Waals surface area contributed by atoms with Crippen LogP contribution in [0.3, 0.4) is 0 Å². The number of hydrogen-bond acceptors (Lipinski definition) is 4. The molecular weight excluding hydrogens is 444 g/mol. The Bertz CT molecular complexity index is 823. The van der Waals surface area contributed by atoms with Crippen molar-refractivity contribution in [3.63, 3.8) is 0 Å². The van der Waals surface area contributed by atoms with E-state index >= 15 is 0 Å². The normalized spacial score (nSPS) is 15.2. The van der Waals surface area contributed by atoms with E-state index in [1.165, 1.54) is 5.56 Å². The Labute approximate surface area is 177 Å². The lowest BCUT2D eigenvalue weighted by atomic mass is 10.2. The van der Waals surface area contributed by atoms with Gasteiger partial charge in [0.25, 0.3) is 11.8 Å². The van der Waals surface area contributed by atoms with E-state index in [1.54, 1.807) is 18.2 Å². The van der Waals surface area contributed by atoms with E-state index in [0.717, 1.165) is 37.7 Å². The van der Waals surface area contributed by atoms with Gasteiger partial charge in [0, 0.05) is 42.2 Å².